The van der Waals surface area contributed by atoms with E-state index in [4.69, 9.17) is 4.74 Å². The van der Waals surface area contributed by atoms with Gasteiger partial charge in [0.05, 0.1) is 11.1 Å². The zero-order valence-electron chi connectivity index (χ0n) is 8.13. The topological polar surface area (TPSA) is 22.1 Å². The summed E-state index contributed by atoms with van der Waals surface area (Å²) < 4.78 is 7.47. The average molecular weight is 331 g/mol. The van der Waals surface area contributed by atoms with Crippen molar-refractivity contribution in [3.63, 3.8) is 0 Å². The summed E-state index contributed by atoms with van der Waals surface area (Å²) in [6, 6.07) is 5.91. The molecule has 1 heterocycles. The van der Waals surface area contributed by atoms with Gasteiger partial charge in [-0.25, -0.2) is 0 Å². The number of hydrogen-bond donors (Lipinski definition) is 0. The van der Waals surface area contributed by atoms with E-state index in [2.05, 4.69) is 36.8 Å². The molecule has 15 heavy (non-hydrogen) atoms. The molecule has 0 atom stereocenters. The fourth-order valence-corrected chi connectivity index (χ4v) is 2.15. The number of rotatable bonds is 2. The van der Waals surface area contributed by atoms with E-state index in [0.29, 0.717) is 6.61 Å². The molecule has 0 aliphatic carbocycles. The second kappa shape index (κ2) is 4.49. The maximum Gasteiger partial charge on any atom is 0.145 e. The molecule has 2 rings (SSSR count). The highest BCUT2D eigenvalue weighted by Gasteiger charge is 2.08. The Hall–Kier alpha value is -0.610. The van der Waals surface area contributed by atoms with E-state index in [-0.39, 0.29) is 0 Å². The van der Waals surface area contributed by atoms with Crippen molar-refractivity contribution in [1.82, 2.24) is 4.98 Å². The molecular formula is C11H9Br2NO. The predicted molar refractivity (Wildman–Crippen MR) is 68.3 cm³/mol. The van der Waals surface area contributed by atoms with Gasteiger partial charge in [0.2, 0.25) is 0 Å². The SMILES string of the molecule is CCOc1cccc2c(Br)c(Br)cnc12. The summed E-state index contributed by atoms with van der Waals surface area (Å²) in [5.41, 5.74) is 0.884. The molecule has 0 radical (unpaired) electrons. The van der Waals surface area contributed by atoms with E-state index >= 15 is 0 Å². The summed E-state index contributed by atoms with van der Waals surface area (Å²) >= 11 is 6.95. The van der Waals surface area contributed by atoms with E-state index in [9.17, 15) is 0 Å². The van der Waals surface area contributed by atoms with Crippen LogP contribution in [0, 0.1) is 0 Å². The maximum absolute atomic E-state index is 5.52. The van der Waals surface area contributed by atoms with Gasteiger partial charge in [0.25, 0.3) is 0 Å². The number of nitrogens with zero attached hydrogens (tertiary/aromatic N) is 1. The third-order valence-corrected chi connectivity index (χ3v) is 4.04. The Kier molecular flexibility index (Phi) is 3.26. The monoisotopic (exact) mass is 329 g/mol. The molecule has 0 aliphatic heterocycles. The second-order valence-electron chi connectivity index (χ2n) is 3.01. The number of ether oxygens (including phenoxy) is 1. The van der Waals surface area contributed by atoms with Crippen molar-refractivity contribution < 1.29 is 4.74 Å². The van der Waals surface area contributed by atoms with Gasteiger partial charge in [-0.3, -0.25) is 4.98 Å². The third kappa shape index (κ3) is 2.01. The summed E-state index contributed by atoms with van der Waals surface area (Å²) in [6.45, 7) is 2.61. The van der Waals surface area contributed by atoms with E-state index < -0.39 is 0 Å². The van der Waals surface area contributed by atoms with Crippen LogP contribution in [-0.2, 0) is 0 Å². The van der Waals surface area contributed by atoms with E-state index in [1.165, 1.54) is 0 Å². The summed E-state index contributed by atoms with van der Waals surface area (Å²) in [5.74, 6) is 0.822. The lowest BCUT2D eigenvalue weighted by atomic mass is 10.2. The van der Waals surface area contributed by atoms with E-state index in [1.807, 2.05) is 25.1 Å². The number of aromatic nitrogens is 1. The minimum Gasteiger partial charge on any atom is -0.492 e. The van der Waals surface area contributed by atoms with Gasteiger partial charge in [-0.1, -0.05) is 12.1 Å². The summed E-state index contributed by atoms with van der Waals surface area (Å²) in [7, 11) is 0. The van der Waals surface area contributed by atoms with Crippen LogP contribution in [0.25, 0.3) is 10.9 Å². The van der Waals surface area contributed by atoms with Gasteiger partial charge in [-0.2, -0.15) is 0 Å². The Balaban J connectivity index is 2.72. The highest BCUT2D eigenvalue weighted by atomic mass is 79.9. The lowest BCUT2D eigenvalue weighted by molar-refractivity contribution is 0.343. The molecule has 2 nitrogen and oxygen atoms in total. The molecule has 0 saturated carbocycles. The first-order chi connectivity index (χ1) is 7.24. The Morgan fingerprint density at radius 3 is 2.87 bits per heavy atom. The average Bonchev–Trinajstić information content (AvgIpc) is 2.25. The number of halogens is 2. The van der Waals surface area contributed by atoms with Gasteiger partial charge in [-0.15, -0.1) is 0 Å². The molecule has 0 amide bonds. The quantitative estimate of drug-likeness (QED) is 0.825. The molecule has 0 N–H and O–H groups in total. The standard InChI is InChI=1S/C11H9Br2NO/c1-2-15-9-5-3-4-7-10(13)8(12)6-14-11(7)9/h3-6H,2H2,1H3. The number of hydrogen-bond acceptors (Lipinski definition) is 2. The Bertz CT molecular complexity index is 499. The third-order valence-electron chi connectivity index (χ3n) is 2.05. The van der Waals surface area contributed by atoms with Crippen molar-refractivity contribution in [3.8, 4) is 5.75 Å². The van der Waals surface area contributed by atoms with Gasteiger partial charge >= 0.3 is 0 Å². The minimum absolute atomic E-state index is 0.647. The van der Waals surface area contributed by atoms with Gasteiger partial charge in [0.15, 0.2) is 0 Å². The lowest BCUT2D eigenvalue weighted by Gasteiger charge is -2.08. The Morgan fingerprint density at radius 1 is 1.33 bits per heavy atom. The highest BCUT2D eigenvalue weighted by molar-refractivity contribution is 9.13. The number of pyridine rings is 1. The molecule has 0 unspecified atom stereocenters. The Labute approximate surface area is 105 Å². The summed E-state index contributed by atoms with van der Waals surface area (Å²) in [5, 5.41) is 1.05. The number of fused-ring (bicyclic) bond motifs is 1. The van der Waals surface area contributed by atoms with Crippen molar-refractivity contribution >= 4 is 42.8 Å². The van der Waals surface area contributed by atoms with Crippen molar-refractivity contribution in [1.29, 1.82) is 0 Å². The lowest BCUT2D eigenvalue weighted by Crippen LogP contribution is -1.93. The van der Waals surface area contributed by atoms with Crippen molar-refractivity contribution in [2.45, 2.75) is 6.92 Å². The fraction of sp³-hybridized carbons (Fsp3) is 0.182. The van der Waals surface area contributed by atoms with Gasteiger partial charge in [0, 0.05) is 16.1 Å². The Morgan fingerprint density at radius 2 is 2.13 bits per heavy atom. The zero-order chi connectivity index (χ0) is 10.8. The molecule has 2 aromatic rings. The van der Waals surface area contributed by atoms with Gasteiger partial charge < -0.3 is 4.74 Å². The van der Waals surface area contributed by atoms with Crippen molar-refractivity contribution in [2.24, 2.45) is 0 Å². The molecule has 0 spiro atoms. The molecule has 1 aromatic heterocycles. The molecular weight excluding hydrogens is 322 g/mol. The molecule has 0 fully saturated rings. The highest BCUT2D eigenvalue weighted by Crippen LogP contribution is 2.33. The zero-order valence-corrected chi connectivity index (χ0v) is 11.3. The molecule has 0 bridgehead atoms. The molecule has 0 aliphatic rings. The fourth-order valence-electron chi connectivity index (χ4n) is 1.41. The van der Waals surface area contributed by atoms with Gasteiger partial charge in [0.1, 0.15) is 11.3 Å². The first-order valence-corrected chi connectivity index (χ1v) is 6.18. The van der Waals surface area contributed by atoms with Crippen LogP contribution < -0.4 is 4.74 Å². The van der Waals surface area contributed by atoms with E-state index in [0.717, 1.165) is 25.6 Å². The molecule has 78 valence electrons. The number of para-hydroxylation sites is 1. The minimum atomic E-state index is 0.647. The summed E-state index contributed by atoms with van der Waals surface area (Å²) in [4.78, 5) is 4.36. The van der Waals surface area contributed by atoms with Crippen molar-refractivity contribution in [2.75, 3.05) is 6.61 Å². The summed E-state index contributed by atoms with van der Waals surface area (Å²) in [6.07, 6.45) is 1.77. The van der Waals surface area contributed by atoms with Crippen LogP contribution in [-0.4, -0.2) is 11.6 Å². The van der Waals surface area contributed by atoms with Gasteiger partial charge in [-0.05, 0) is 44.8 Å². The largest absolute Gasteiger partial charge is 0.492 e. The van der Waals surface area contributed by atoms with Crippen LogP contribution in [0.1, 0.15) is 6.92 Å². The van der Waals surface area contributed by atoms with Crippen LogP contribution in [0.4, 0.5) is 0 Å². The predicted octanol–water partition coefficient (Wildman–Crippen LogP) is 4.16. The van der Waals surface area contributed by atoms with E-state index in [1.54, 1.807) is 6.20 Å². The molecule has 1 aromatic carbocycles. The maximum atomic E-state index is 5.52. The van der Waals surface area contributed by atoms with Crippen LogP contribution in [0.2, 0.25) is 0 Å². The second-order valence-corrected chi connectivity index (χ2v) is 4.65. The van der Waals surface area contributed by atoms with Crippen molar-refractivity contribution in [3.05, 3.63) is 33.3 Å². The van der Waals surface area contributed by atoms with Crippen LogP contribution in [0.3, 0.4) is 0 Å². The first-order valence-electron chi connectivity index (χ1n) is 4.59. The first kappa shape index (κ1) is 10.9. The number of benzene rings is 1. The molecule has 4 heteroatoms. The van der Waals surface area contributed by atoms with Crippen LogP contribution in [0.15, 0.2) is 33.3 Å². The van der Waals surface area contributed by atoms with Crippen LogP contribution >= 0.6 is 31.9 Å². The normalized spacial score (nSPS) is 10.6. The van der Waals surface area contributed by atoms with Crippen LogP contribution in [0.5, 0.6) is 5.75 Å². The smallest absolute Gasteiger partial charge is 0.145 e. The molecule has 0 saturated heterocycles.